The van der Waals surface area contributed by atoms with E-state index in [2.05, 4.69) is 15.3 Å². The van der Waals surface area contributed by atoms with Crippen molar-refractivity contribution in [1.82, 2.24) is 9.97 Å². The highest BCUT2D eigenvalue weighted by molar-refractivity contribution is 6.37. The number of benzene rings is 2. The molecule has 146 valence electrons. The molecule has 1 N–H and O–H groups in total. The molecule has 1 aliphatic rings. The molecule has 0 fully saturated rings. The highest BCUT2D eigenvalue weighted by Gasteiger charge is 2.28. The van der Waals surface area contributed by atoms with Crippen molar-refractivity contribution in [3.8, 4) is 0 Å². The molecule has 4 rings (SSSR count). The molecule has 0 saturated carbocycles. The Bertz CT molecular complexity index is 1110. The molecule has 1 heterocycles. The first-order valence-electron chi connectivity index (χ1n) is 9.13. The Labute approximate surface area is 178 Å². The smallest absolute Gasteiger partial charge is 0.259 e. The van der Waals surface area contributed by atoms with Gasteiger partial charge in [0.2, 0.25) is 5.95 Å². The van der Waals surface area contributed by atoms with Crippen LogP contribution in [0.3, 0.4) is 0 Å². The first-order valence-corrected chi connectivity index (χ1v) is 9.88. The third kappa shape index (κ3) is 4.16. The lowest BCUT2D eigenvalue weighted by Gasteiger charge is -2.23. The van der Waals surface area contributed by atoms with Crippen LogP contribution in [0.15, 0.2) is 48.7 Å². The van der Waals surface area contributed by atoms with E-state index in [1.165, 1.54) is 23.9 Å². The van der Waals surface area contributed by atoms with E-state index >= 15 is 0 Å². The van der Waals surface area contributed by atoms with Gasteiger partial charge < -0.3 is 0 Å². The average molecular weight is 426 g/mol. The second-order valence-electron chi connectivity index (χ2n) is 7.07. The molecule has 29 heavy (non-hydrogen) atoms. The third-order valence-corrected chi connectivity index (χ3v) is 5.54. The number of nitrogens with one attached hydrogen (secondary N) is 1. The van der Waals surface area contributed by atoms with E-state index in [0.717, 1.165) is 5.56 Å². The van der Waals surface area contributed by atoms with Gasteiger partial charge in [-0.25, -0.2) is 9.97 Å². The summed E-state index contributed by atoms with van der Waals surface area (Å²) in [5, 5.41) is 3.33. The molecule has 1 aliphatic carbocycles. The van der Waals surface area contributed by atoms with Crippen LogP contribution in [0.5, 0.6) is 0 Å². The number of fused-ring (bicyclic) bond motifs is 1. The van der Waals surface area contributed by atoms with Gasteiger partial charge >= 0.3 is 0 Å². The number of aryl methyl sites for hydroxylation is 1. The molecule has 0 unspecified atom stereocenters. The maximum Gasteiger partial charge on any atom is 0.259 e. The molecule has 0 spiro atoms. The number of nitrogens with zero attached hydrogens (tertiary/aromatic N) is 2. The Morgan fingerprint density at radius 2 is 1.86 bits per heavy atom. The molecule has 0 bridgehead atoms. The minimum Gasteiger partial charge on any atom is -0.294 e. The van der Waals surface area contributed by atoms with Gasteiger partial charge in [-0.05, 0) is 43.0 Å². The largest absolute Gasteiger partial charge is 0.294 e. The highest BCUT2D eigenvalue weighted by atomic mass is 35.5. The molecular weight excluding hydrogens is 409 g/mol. The minimum atomic E-state index is -0.441. The molecule has 1 amide bonds. The van der Waals surface area contributed by atoms with E-state index in [0.29, 0.717) is 29.1 Å². The molecule has 0 saturated heterocycles. The van der Waals surface area contributed by atoms with Crippen LogP contribution in [0.2, 0.25) is 10.0 Å². The Morgan fingerprint density at radius 1 is 1.10 bits per heavy atom. The number of anilines is 1. The number of carbonyl (C=O) groups is 2. The van der Waals surface area contributed by atoms with Gasteiger partial charge in [-0.15, -0.1) is 0 Å². The molecule has 1 atom stereocenters. The fourth-order valence-electron chi connectivity index (χ4n) is 3.42. The SMILES string of the molecule is Cc1ccc([C@H]2CC(=O)c3cnc(NC(=O)c4ccc(Cl)cc4Cl)nc3C2)cc1. The number of Topliss-reactive ketones (excluding diaryl/α,β-unsaturated/α-hetero) is 1. The van der Waals surface area contributed by atoms with Gasteiger partial charge in [-0.2, -0.15) is 0 Å². The van der Waals surface area contributed by atoms with Crippen LogP contribution in [-0.2, 0) is 6.42 Å². The van der Waals surface area contributed by atoms with Crippen molar-refractivity contribution >= 4 is 40.8 Å². The topological polar surface area (TPSA) is 72.0 Å². The van der Waals surface area contributed by atoms with E-state index in [1.54, 1.807) is 6.07 Å². The fourth-order valence-corrected chi connectivity index (χ4v) is 3.92. The van der Waals surface area contributed by atoms with Crippen molar-refractivity contribution < 1.29 is 9.59 Å². The Hall–Kier alpha value is -2.76. The van der Waals surface area contributed by atoms with Crippen molar-refractivity contribution in [2.45, 2.75) is 25.7 Å². The van der Waals surface area contributed by atoms with E-state index in [1.807, 2.05) is 31.2 Å². The fraction of sp³-hybridized carbons (Fsp3) is 0.182. The summed E-state index contributed by atoms with van der Waals surface area (Å²) < 4.78 is 0. The van der Waals surface area contributed by atoms with Gasteiger partial charge in [0.15, 0.2) is 5.78 Å². The summed E-state index contributed by atoms with van der Waals surface area (Å²) >= 11 is 12.0. The summed E-state index contributed by atoms with van der Waals surface area (Å²) in [4.78, 5) is 33.6. The van der Waals surface area contributed by atoms with Crippen LogP contribution in [0, 0.1) is 6.92 Å². The maximum absolute atomic E-state index is 12.6. The highest BCUT2D eigenvalue weighted by Crippen LogP contribution is 2.32. The van der Waals surface area contributed by atoms with E-state index in [9.17, 15) is 9.59 Å². The van der Waals surface area contributed by atoms with E-state index in [-0.39, 0.29) is 28.2 Å². The molecule has 5 nitrogen and oxygen atoms in total. The molecule has 2 aromatic carbocycles. The van der Waals surface area contributed by atoms with Crippen LogP contribution >= 0.6 is 23.2 Å². The molecule has 0 radical (unpaired) electrons. The lowest BCUT2D eigenvalue weighted by Crippen LogP contribution is -2.22. The number of hydrogen-bond acceptors (Lipinski definition) is 4. The van der Waals surface area contributed by atoms with Crippen molar-refractivity contribution in [3.63, 3.8) is 0 Å². The molecule has 7 heteroatoms. The van der Waals surface area contributed by atoms with Gasteiger partial charge in [0.1, 0.15) is 0 Å². The molecule has 0 aliphatic heterocycles. The van der Waals surface area contributed by atoms with Gasteiger partial charge in [0, 0.05) is 17.6 Å². The maximum atomic E-state index is 12.6. The number of amides is 1. The van der Waals surface area contributed by atoms with Crippen molar-refractivity contribution in [2.24, 2.45) is 0 Å². The monoisotopic (exact) mass is 425 g/mol. The van der Waals surface area contributed by atoms with Crippen LogP contribution in [0.4, 0.5) is 5.95 Å². The summed E-state index contributed by atoms with van der Waals surface area (Å²) in [7, 11) is 0. The second kappa shape index (κ2) is 7.93. The van der Waals surface area contributed by atoms with Crippen molar-refractivity contribution in [1.29, 1.82) is 0 Å². The Kier molecular flexibility index (Phi) is 5.35. The zero-order valence-corrected chi connectivity index (χ0v) is 17.1. The predicted molar refractivity (Wildman–Crippen MR) is 113 cm³/mol. The second-order valence-corrected chi connectivity index (χ2v) is 7.91. The van der Waals surface area contributed by atoms with Crippen molar-refractivity contribution in [3.05, 3.63) is 86.7 Å². The number of ketones is 1. The number of aromatic nitrogens is 2. The van der Waals surface area contributed by atoms with Crippen molar-refractivity contribution in [2.75, 3.05) is 5.32 Å². The Balaban J connectivity index is 1.58. The quantitative estimate of drug-likeness (QED) is 0.621. The zero-order chi connectivity index (χ0) is 20.5. The Morgan fingerprint density at radius 3 is 2.59 bits per heavy atom. The van der Waals surface area contributed by atoms with Gasteiger partial charge in [0.05, 0.1) is 21.8 Å². The first kappa shape index (κ1) is 19.6. The summed E-state index contributed by atoms with van der Waals surface area (Å²) in [5.74, 6) is -0.240. The summed E-state index contributed by atoms with van der Waals surface area (Å²) in [6.07, 6.45) is 2.51. The predicted octanol–water partition coefficient (Wildman–Crippen LogP) is 5.26. The average Bonchev–Trinajstić information content (AvgIpc) is 2.68. The first-order chi connectivity index (χ1) is 13.9. The van der Waals surface area contributed by atoms with E-state index < -0.39 is 5.91 Å². The third-order valence-electron chi connectivity index (χ3n) is 4.99. The zero-order valence-electron chi connectivity index (χ0n) is 15.6. The summed E-state index contributed by atoms with van der Waals surface area (Å²) in [5.41, 5.74) is 3.69. The number of hydrogen-bond donors (Lipinski definition) is 1. The van der Waals surface area contributed by atoms with Crippen LogP contribution in [0.25, 0.3) is 0 Å². The summed E-state index contributed by atoms with van der Waals surface area (Å²) in [6.45, 7) is 2.03. The minimum absolute atomic E-state index is 0.00967. The molecule has 1 aromatic heterocycles. The standard InChI is InChI=1S/C22H17Cl2N3O2/c1-12-2-4-13(5-3-12)14-8-19-17(20(28)9-14)11-25-22(26-19)27-21(29)16-7-6-15(23)10-18(16)24/h2-7,10-11,14H,8-9H2,1H3,(H,25,26,27,29)/t14-/m1/s1. The van der Waals surface area contributed by atoms with Crippen LogP contribution < -0.4 is 5.32 Å². The number of halogens is 2. The van der Waals surface area contributed by atoms with Gasteiger partial charge in [0.25, 0.3) is 5.91 Å². The van der Waals surface area contributed by atoms with Crippen LogP contribution in [-0.4, -0.2) is 21.7 Å². The van der Waals surface area contributed by atoms with Crippen LogP contribution in [0.1, 0.15) is 49.9 Å². The molecule has 3 aromatic rings. The molecular formula is C22H17Cl2N3O2. The lowest BCUT2D eigenvalue weighted by atomic mass is 9.82. The van der Waals surface area contributed by atoms with E-state index in [4.69, 9.17) is 23.2 Å². The lowest BCUT2D eigenvalue weighted by molar-refractivity contribution is 0.0962. The normalized spacial score (nSPS) is 15.7. The van der Waals surface area contributed by atoms with Gasteiger partial charge in [-0.1, -0.05) is 53.0 Å². The van der Waals surface area contributed by atoms with Gasteiger partial charge in [-0.3, -0.25) is 14.9 Å². The number of carbonyl (C=O) groups excluding carboxylic acids is 2. The summed E-state index contributed by atoms with van der Waals surface area (Å²) in [6, 6.07) is 12.8. The number of rotatable bonds is 3.